The van der Waals surface area contributed by atoms with Crippen LogP contribution in [0.5, 0.6) is 0 Å². The molecule has 16 heavy (non-hydrogen) atoms. The number of fused-ring (bicyclic) bond motifs is 1. The number of halogens is 1. The molecule has 0 atom stereocenters. The molecule has 1 amide bonds. The summed E-state index contributed by atoms with van der Waals surface area (Å²) in [7, 11) is 1.89. The van der Waals surface area contributed by atoms with Crippen LogP contribution in [0.4, 0.5) is 11.4 Å². The maximum atomic E-state index is 11.8. The van der Waals surface area contributed by atoms with E-state index in [2.05, 4.69) is 15.9 Å². The maximum absolute atomic E-state index is 11.8. The minimum absolute atomic E-state index is 0.0159. The molecule has 1 aliphatic rings. The van der Waals surface area contributed by atoms with E-state index in [4.69, 9.17) is 5.11 Å². The zero-order valence-electron chi connectivity index (χ0n) is 8.98. The molecule has 1 aromatic carbocycles. The molecule has 0 radical (unpaired) electrons. The van der Waals surface area contributed by atoms with E-state index in [0.717, 1.165) is 15.8 Å². The highest BCUT2D eigenvalue weighted by atomic mass is 79.9. The minimum atomic E-state index is -0.0264. The molecular weight excluding hydrogens is 272 g/mol. The van der Waals surface area contributed by atoms with E-state index >= 15 is 0 Å². The molecule has 4 nitrogen and oxygen atoms in total. The first kappa shape index (κ1) is 11.4. The lowest BCUT2D eigenvalue weighted by molar-refractivity contribution is -0.117. The van der Waals surface area contributed by atoms with Gasteiger partial charge < -0.3 is 14.9 Å². The van der Waals surface area contributed by atoms with Crippen LogP contribution in [0.2, 0.25) is 0 Å². The Morgan fingerprint density at radius 1 is 1.44 bits per heavy atom. The first-order valence-corrected chi connectivity index (χ1v) is 5.84. The fourth-order valence-electron chi connectivity index (χ4n) is 1.89. The standard InChI is InChI=1S/C11H13BrN2O2/c1-13-7-11(16)14(4-5-15)10-6-8(12)2-3-9(10)13/h2-3,6,15H,4-5,7H2,1H3. The molecule has 1 aromatic rings. The van der Waals surface area contributed by atoms with Crippen molar-refractivity contribution in [3.63, 3.8) is 0 Å². The van der Waals surface area contributed by atoms with E-state index in [0.29, 0.717) is 13.1 Å². The van der Waals surface area contributed by atoms with Crippen LogP contribution in [0.15, 0.2) is 22.7 Å². The Morgan fingerprint density at radius 3 is 2.88 bits per heavy atom. The molecule has 1 heterocycles. The summed E-state index contributed by atoms with van der Waals surface area (Å²) in [6.45, 7) is 0.673. The van der Waals surface area contributed by atoms with Crippen molar-refractivity contribution in [3.8, 4) is 0 Å². The number of aliphatic hydroxyl groups excluding tert-OH is 1. The molecule has 0 saturated heterocycles. The molecule has 1 N–H and O–H groups in total. The monoisotopic (exact) mass is 284 g/mol. The van der Waals surface area contributed by atoms with Gasteiger partial charge in [-0.1, -0.05) is 15.9 Å². The highest BCUT2D eigenvalue weighted by molar-refractivity contribution is 9.10. The predicted molar refractivity (Wildman–Crippen MR) is 66.9 cm³/mol. The van der Waals surface area contributed by atoms with E-state index in [1.807, 2.05) is 30.1 Å². The molecule has 0 spiro atoms. The summed E-state index contributed by atoms with van der Waals surface area (Å²) in [5.41, 5.74) is 1.86. The number of aliphatic hydroxyl groups is 1. The van der Waals surface area contributed by atoms with Crippen LogP contribution in [-0.4, -0.2) is 37.8 Å². The number of anilines is 2. The Morgan fingerprint density at radius 2 is 2.19 bits per heavy atom. The second-order valence-corrected chi connectivity index (χ2v) is 4.67. The SMILES string of the molecule is CN1CC(=O)N(CCO)c2cc(Br)ccc21. The first-order valence-electron chi connectivity index (χ1n) is 5.05. The summed E-state index contributed by atoms with van der Waals surface area (Å²) >= 11 is 3.39. The Labute approximate surface area is 103 Å². The second kappa shape index (κ2) is 4.43. The van der Waals surface area contributed by atoms with Crippen LogP contribution in [0.1, 0.15) is 0 Å². The van der Waals surface area contributed by atoms with Gasteiger partial charge in [-0.3, -0.25) is 4.79 Å². The quantitative estimate of drug-likeness (QED) is 0.888. The molecule has 0 aliphatic carbocycles. The van der Waals surface area contributed by atoms with Crippen molar-refractivity contribution in [2.45, 2.75) is 0 Å². The van der Waals surface area contributed by atoms with Crippen LogP contribution in [0.25, 0.3) is 0 Å². The fourth-order valence-corrected chi connectivity index (χ4v) is 2.24. The zero-order chi connectivity index (χ0) is 11.7. The summed E-state index contributed by atoms with van der Waals surface area (Å²) in [5, 5.41) is 8.98. The highest BCUT2D eigenvalue weighted by Gasteiger charge is 2.26. The lowest BCUT2D eigenvalue weighted by atomic mass is 10.1. The van der Waals surface area contributed by atoms with Crippen molar-refractivity contribution in [1.82, 2.24) is 0 Å². The number of amides is 1. The number of nitrogens with zero attached hydrogens (tertiary/aromatic N) is 2. The van der Waals surface area contributed by atoms with E-state index in [9.17, 15) is 4.79 Å². The molecule has 86 valence electrons. The van der Waals surface area contributed by atoms with Gasteiger partial charge in [0.1, 0.15) is 0 Å². The third-order valence-electron chi connectivity index (χ3n) is 2.64. The molecule has 0 unspecified atom stereocenters. The third-order valence-corrected chi connectivity index (χ3v) is 3.13. The minimum Gasteiger partial charge on any atom is -0.395 e. The summed E-state index contributed by atoms with van der Waals surface area (Å²) in [4.78, 5) is 15.4. The predicted octanol–water partition coefficient (Wildman–Crippen LogP) is 1.22. The Balaban J connectivity index is 2.47. The molecule has 5 heteroatoms. The molecule has 2 rings (SSSR count). The third kappa shape index (κ3) is 1.92. The van der Waals surface area contributed by atoms with Gasteiger partial charge in [0.05, 0.1) is 24.5 Å². The fraction of sp³-hybridized carbons (Fsp3) is 0.364. The molecule has 0 fully saturated rings. The van der Waals surface area contributed by atoms with Crippen LogP contribution in [0, 0.1) is 0 Å². The zero-order valence-corrected chi connectivity index (χ0v) is 10.6. The van der Waals surface area contributed by atoms with Crippen LogP contribution >= 0.6 is 15.9 Å². The maximum Gasteiger partial charge on any atom is 0.246 e. The van der Waals surface area contributed by atoms with Crippen molar-refractivity contribution in [2.24, 2.45) is 0 Å². The van der Waals surface area contributed by atoms with E-state index in [-0.39, 0.29) is 12.5 Å². The average Bonchev–Trinajstić information content (AvgIpc) is 2.23. The van der Waals surface area contributed by atoms with E-state index in [1.54, 1.807) is 4.90 Å². The number of hydrogen-bond donors (Lipinski definition) is 1. The lowest BCUT2D eigenvalue weighted by Gasteiger charge is -2.35. The van der Waals surface area contributed by atoms with Crippen LogP contribution in [0.3, 0.4) is 0 Å². The summed E-state index contributed by atoms with van der Waals surface area (Å²) in [6.07, 6.45) is 0. The first-order chi connectivity index (χ1) is 7.63. The van der Waals surface area contributed by atoms with Gasteiger partial charge in [0, 0.05) is 18.1 Å². The largest absolute Gasteiger partial charge is 0.395 e. The molecule has 0 bridgehead atoms. The Kier molecular flexibility index (Phi) is 3.16. The number of hydrogen-bond acceptors (Lipinski definition) is 3. The van der Waals surface area contributed by atoms with Gasteiger partial charge >= 0.3 is 0 Å². The van der Waals surface area contributed by atoms with Gasteiger partial charge in [-0.05, 0) is 18.2 Å². The molecule has 0 aromatic heterocycles. The molecule has 0 saturated carbocycles. The van der Waals surface area contributed by atoms with Crippen LogP contribution < -0.4 is 9.80 Å². The van der Waals surface area contributed by atoms with Gasteiger partial charge in [-0.15, -0.1) is 0 Å². The molecular formula is C11H13BrN2O2. The van der Waals surface area contributed by atoms with Crippen molar-refractivity contribution in [1.29, 1.82) is 0 Å². The van der Waals surface area contributed by atoms with Gasteiger partial charge in [0.25, 0.3) is 0 Å². The smallest absolute Gasteiger partial charge is 0.246 e. The summed E-state index contributed by atoms with van der Waals surface area (Å²) < 4.78 is 0.928. The van der Waals surface area contributed by atoms with Gasteiger partial charge in [0.2, 0.25) is 5.91 Å². The highest BCUT2D eigenvalue weighted by Crippen LogP contribution is 2.34. The number of β-amino-alcohol motifs (C(OH)–C–C–N with tert-alkyl or cyclic N) is 1. The van der Waals surface area contributed by atoms with Crippen molar-refractivity contribution in [3.05, 3.63) is 22.7 Å². The normalized spacial score (nSPS) is 15.3. The number of likely N-dealkylation sites (N-methyl/N-ethyl adjacent to an activating group) is 1. The summed E-state index contributed by atoms with van der Waals surface area (Å²) in [6, 6.07) is 5.82. The Bertz CT molecular complexity index is 422. The average molecular weight is 285 g/mol. The topological polar surface area (TPSA) is 43.8 Å². The van der Waals surface area contributed by atoms with Gasteiger partial charge in [-0.25, -0.2) is 0 Å². The van der Waals surface area contributed by atoms with Gasteiger partial charge in [0.15, 0.2) is 0 Å². The lowest BCUT2D eigenvalue weighted by Crippen LogP contribution is -2.45. The van der Waals surface area contributed by atoms with Gasteiger partial charge in [-0.2, -0.15) is 0 Å². The van der Waals surface area contributed by atoms with Crippen molar-refractivity contribution >= 4 is 33.2 Å². The van der Waals surface area contributed by atoms with Crippen LogP contribution in [-0.2, 0) is 4.79 Å². The second-order valence-electron chi connectivity index (χ2n) is 3.76. The van der Waals surface area contributed by atoms with Crippen molar-refractivity contribution < 1.29 is 9.90 Å². The molecule has 1 aliphatic heterocycles. The van der Waals surface area contributed by atoms with E-state index < -0.39 is 0 Å². The van der Waals surface area contributed by atoms with E-state index in [1.165, 1.54) is 0 Å². The van der Waals surface area contributed by atoms with Crippen molar-refractivity contribution in [2.75, 3.05) is 36.5 Å². The summed E-state index contributed by atoms with van der Waals surface area (Å²) in [5.74, 6) is 0.0159. The number of carbonyl (C=O) groups is 1. The number of carbonyl (C=O) groups excluding carboxylic acids is 1. The number of rotatable bonds is 2. The number of benzene rings is 1. The Hall–Kier alpha value is -1.07.